The molecular weight excluding hydrogens is 358 g/mol. The molecule has 1 saturated carbocycles. The fourth-order valence-corrected chi connectivity index (χ4v) is 4.00. The van der Waals surface area contributed by atoms with Crippen molar-refractivity contribution < 1.29 is 14.3 Å². The highest BCUT2D eigenvalue weighted by molar-refractivity contribution is 5.95. The van der Waals surface area contributed by atoms with Crippen LogP contribution in [0.5, 0.6) is 5.75 Å². The Labute approximate surface area is 164 Å². The molecule has 2 fully saturated rings. The molecule has 2 amide bonds. The SMILES string of the molecule is COc1ccnc(N(C)C(=O)[C@H]2CCC(=O)N(C3CC3)[C@@H]2c2nccn2C)c1. The summed E-state index contributed by atoms with van der Waals surface area (Å²) >= 11 is 0. The largest absolute Gasteiger partial charge is 0.497 e. The molecule has 0 radical (unpaired) electrons. The molecule has 0 aromatic carbocycles. The van der Waals surface area contributed by atoms with Gasteiger partial charge in [-0.05, 0) is 25.3 Å². The molecule has 0 bridgehead atoms. The van der Waals surface area contributed by atoms with Gasteiger partial charge in [0.05, 0.1) is 13.0 Å². The van der Waals surface area contributed by atoms with E-state index in [9.17, 15) is 9.59 Å². The van der Waals surface area contributed by atoms with Crippen LogP contribution in [0.3, 0.4) is 0 Å². The summed E-state index contributed by atoms with van der Waals surface area (Å²) in [7, 11) is 5.21. The average Bonchev–Trinajstić information content (AvgIpc) is 3.46. The van der Waals surface area contributed by atoms with E-state index in [0.29, 0.717) is 24.4 Å². The summed E-state index contributed by atoms with van der Waals surface area (Å²) < 4.78 is 7.16. The molecule has 2 aliphatic rings. The number of hydrogen-bond donors (Lipinski definition) is 0. The number of hydrogen-bond acceptors (Lipinski definition) is 5. The van der Waals surface area contributed by atoms with Gasteiger partial charge in [-0.3, -0.25) is 14.5 Å². The number of anilines is 1. The van der Waals surface area contributed by atoms with Crippen LogP contribution in [0.15, 0.2) is 30.7 Å². The van der Waals surface area contributed by atoms with Crippen molar-refractivity contribution in [1.82, 2.24) is 19.4 Å². The fraction of sp³-hybridized carbons (Fsp3) is 0.500. The van der Waals surface area contributed by atoms with Crippen molar-refractivity contribution >= 4 is 17.6 Å². The lowest BCUT2D eigenvalue weighted by Gasteiger charge is -2.41. The minimum Gasteiger partial charge on any atom is -0.497 e. The zero-order valence-electron chi connectivity index (χ0n) is 16.4. The molecule has 0 N–H and O–H groups in total. The van der Waals surface area contributed by atoms with Gasteiger partial charge in [0.2, 0.25) is 11.8 Å². The van der Waals surface area contributed by atoms with Gasteiger partial charge in [0, 0.05) is 51.2 Å². The number of likely N-dealkylation sites (tertiary alicyclic amines) is 1. The van der Waals surface area contributed by atoms with E-state index >= 15 is 0 Å². The van der Waals surface area contributed by atoms with Crippen LogP contribution in [0.1, 0.15) is 37.5 Å². The molecule has 1 aliphatic carbocycles. The van der Waals surface area contributed by atoms with Crippen molar-refractivity contribution in [3.8, 4) is 5.75 Å². The average molecular weight is 383 g/mol. The van der Waals surface area contributed by atoms with E-state index < -0.39 is 0 Å². The van der Waals surface area contributed by atoms with Gasteiger partial charge in [-0.1, -0.05) is 0 Å². The highest BCUT2D eigenvalue weighted by atomic mass is 16.5. The summed E-state index contributed by atoms with van der Waals surface area (Å²) in [6, 6.07) is 3.34. The van der Waals surface area contributed by atoms with E-state index in [1.807, 2.05) is 22.7 Å². The molecule has 3 heterocycles. The van der Waals surface area contributed by atoms with Gasteiger partial charge in [-0.2, -0.15) is 0 Å². The van der Waals surface area contributed by atoms with Gasteiger partial charge in [0.15, 0.2) is 0 Å². The van der Waals surface area contributed by atoms with Gasteiger partial charge in [-0.25, -0.2) is 9.97 Å². The number of imidazole rings is 1. The number of nitrogens with zero attached hydrogens (tertiary/aromatic N) is 5. The van der Waals surface area contributed by atoms with Gasteiger partial charge in [0.1, 0.15) is 23.4 Å². The van der Waals surface area contributed by atoms with Gasteiger partial charge >= 0.3 is 0 Å². The number of carbonyl (C=O) groups is 2. The Hall–Kier alpha value is -2.90. The molecule has 1 saturated heterocycles. The van der Waals surface area contributed by atoms with Crippen LogP contribution in [0.2, 0.25) is 0 Å². The summed E-state index contributed by atoms with van der Waals surface area (Å²) in [6.45, 7) is 0. The topological polar surface area (TPSA) is 80.6 Å². The van der Waals surface area contributed by atoms with E-state index in [2.05, 4.69) is 9.97 Å². The normalized spacial score (nSPS) is 22.2. The number of pyridine rings is 1. The second-order valence-corrected chi connectivity index (χ2v) is 7.47. The maximum Gasteiger partial charge on any atom is 0.233 e. The molecule has 2 atom stereocenters. The van der Waals surface area contributed by atoms with E-state index in [0.717, 1.165) is 18.7 Å². The number of aromatic nitrogens is 3. The lowest BCUT2D eigenvalue weighted by Crippen LogP contribution is -2.50. The number of piperidine rings is 1. The highest BCUT2D eigenvalue weighted by Crippen LogP contribution is 2.43. The molecule has 0 unspecified atom stereocenters. The number of methoxy groups -OCH3 is 1. The molecule has 2 aromatic rings. The monoisotopic (exact) mass is 383 g/mol. The predicted molar refractivity (Wildman–Crippen MR) is 103 cm³/mol. The Morgan fingerprint density at radius 2 is 2.04 bits per heavy atom. The quantitative estimate of drug-likeness (QED) is 0.788. The summed E-state index contributed by atoms with van der Waals surface area (Å²) in [5, 5.41) is 0. The zero-order valence-corrected chi connectivity index (χ0v) is 16.4. The summed E-state index contributed by atoms with van der Waals surface area (Å²) in [5.41, 5.74) is 0. The molecule has 0 spiro atoms. The second kappa shape index (κ2) is 7.26. The standard InChI is InChI=1S/C20H25N5O3/c1-23-11-10-22-19(23)18-15(6-7-17(26)25(18)13-4-5-13)20(27)24(2)16-12-14(28-3)8-9-21-16/h8-13,15,18H,4-7H2,1-3H3/t15-,18-/m0/s1. The molecular formula is C20H25N5O3. The minimum absolute atomic E-state index is 0.0631. The van der Waals surface area contributed by atoms with Crippen molar-refractivity contribution in [2.24, 2.45) is 13.0 Å². The molecule has 2 aromatic heterocycles. The molecule has 1 aliphatic heterocycles. The third kappa shape index (κ3) is 3.23. The van der Waals surface area contributed by atoms with Crippen LogP contribution < -0.4 is 9.64 Å². The molecule has 148 valence electrons. The van der Waals surface area contributed by atoms with Crippen LogP contribution in [-0.2, 0) is 16.6 Å². The maximum absolute atomic E-state index is 13.5. The molecule has 8 nitrogen and oxygen atoms in total. The van der Waals surface area contributed by atoms with Gasteiger partial charge in [-0.15, -0.1) is 0 Å². The van der Waals surface area contributed by atoms with E-state index in [4.69, 9.17) is 4.74 Å². The first kappa shape index (κ1) is 18.5. The van der Waals surface area contributed by atoms with Gasteiger partial charge < -0.3 is 14.2 Å². The third-order valence-corrected chi connectivity index (χ3v) is 5.65. The second-order valence-electron chi connectivity index (χ2n) is 7.47. The van der Waals surface area contributed by atoms with Gasteiger partial charge in [0.25, 0.3) is 0 Å². The summed E-state index contributed by atoms with van der Waals surface area (Å²) in [5.74, 6) is 1.61. The van der Waals surface area contributed by atoms with Crippen LogP contribution in [0, 0.1) is 5.92 Å². The Morgan fingerprint density at radius 1 is 1.25 bits per heavy atom. The lowest BCUT2D eigenvalue weighted by atomic mass is 9.86. The van der Waals surface area contributed by atoms with E-state index in [1.165, 1.54) is 0 Å². The van der Waals surface area contributed by atoms with Crippen LogP contribution >= 0.6 is 0 Å². The molecule has 28 heavy (non-hydrogen) atoms. The number of aryl methyl sites for hydroxylation is 1. The van der Waals surface area contributed by atoms with Crippen molar-refractivity contribution in [3.63, 3.8) is 0 Å². The fourth-order valence-electron chi connectivity index (χ4n) is 4.00. The zero-order chi connectivity index (χ0) is 19.8. The van der Waals surface area contributed by atoms with Crippen LogP contribution in [-0.4, -0.2) is 51.4 Å². The minimum atomic E-state index is -0.364. The smallest absolute Gasteiger partial charge is 0.233 e. The first-order valence-corrected chi connectivity index (χ1v) is 9.57. The highest BCUT2D eigenvalue weighted by Gasteiger charge is 2.48. The summed E-state index contributed by atoms with van der Waals surface area (Å²) in [4.78, 5) is 38.5. The molecule has 8 heteroatoms. The Kier molecular flexibility index (Phi) is 4.78. The number of rotatable bonds is 5. The maximum atomic E-state index is 13.5. The van der Waals surface area contributed by atoms with E-state index in [1.54, 1.807) is 43.6 Å². The van der Waals surface area contributed by atoms with Crippen molar-refractivity contribution in [3.05, 3.63) is 36.5 Å². The van der Waals surface area contributed by atoms with Crippen molar-refractivity contribution in [1.29, 1.82) is 0 Å². The third-order valence-electron chi connectivity index (χ3n) is 5.65. The number of ether oxygens (including phenoxy) is 1. The first-order chi connectivity index (χ1) is 13.5. The Balaban J connectivity index is 1.68. The van der Waals surface area contributed by atoms with Crippen molar-refractivity contribution in [2.45, 2.75) is 37.8 Å². The Morgan fingerprint density at radius 3 is 2.68 bits per heavy atom. The summed E-state index contributed by atoms with van der Waals surface area (Å²) in [6.07, 6.45) is 8.05. The number of amides is 2. The van der Waals surface area contributed by atoms with Crippen LogP contribution in [0.25, 0.3) is 0 Å². The first-order valence-electron chi connectivity index (χ1n) is 9.57. The van der Waals surface area contributed by atoms with E-state index in [-0.39, 0.29) is 29.8 Å². The number of carbonyl (C=O) groups excluding carboxylic acids is 2. The predicted octanol–water partition coefficient (Wildman–Crippen LogP) is 1.93. The van der Waals surface area contributed by atoms with Crippen LogP contribution in [0.4, 0.5) is 5.82 Å². The lowest BCUT2D eigenvalue weighted by molar-refractivity contribution is -0.143. The Bertz CT molecular complexity index is 891. The molecule has 4 rings (SSSR count). The van der Waals surface area contributed by atoms with Crippen molar-refractivity contribution in [2.75, 3.05) is 19.1 Å².